The monoisotopic (exact) mass is 313 g/mol. The summed E-state index contributed by atoms with van der Waals surface area (Å²) in [6.45, 7) is 1.21. The van der Waals surface area contributed by atoms with Crippen molar-refractivity contribution in [1.29, 1.82) is 0 Å². The quantitative estimate of drug-likeness (QED) is 0.904. The highest BCUT2D eigenvalue weighted by atomic mass is 16.5. The summed E-state index contributed by atoms with van der Waals surface area (Å²) in [6.07, 6.45) is 3.26. The van der Waals surface area contributed by atoms with Gasteiger partial charge in [-0.3, -0.25) is 9.59 Å². The van der Waals surface area contributed by atoms with Gasteiger partial charge in [-0.1, -0.05) is 6.07 Å². The van der Waals surface area contributed by atoms with Gasteiger partial charge in [-0.25, -0.2) is 0 Å². The van der Waals surface area contributed by atoms with Crippen molar-refractivity contribution in [3.05, 3.63) is 52.8 Å². The highest BCUT2D eigenvalue weighted by Gasteiger charge is 2.22. The number of aromatic nitrogens is 1. The topological polar surface area (TPSA) is 88.4 Å². The molecule has 0 unspecified atom stereocenters. The SMILES string of the molecule is COc1ccc2c(c1)CCCN(C(=O)c1cc(C(N)=O)c[nH]1)C2. The minimum Gasteiger partial charge on any atom is -0.497 e. The van der Waals surface area contributed by atoms with Crippen LogP contribution in [0.5, 0.6) is 5.75 Å². The first-order chi connectivity index (χ1) is 11.1. The van der Waals surface area contributed by atoms with E-state index in [-0.39, 0.29) is 5.91 Å². The number of carbonyl (C=O) groups excluding carboxylic acids is 2. The molecule has 1 aromatic heterocycles. The number of hydrogen-bond donors (Lipinski definition) is 2. The Balaban J connectivity index is 1.82. The molecule has 0 aliphatic carbocycles. The lowest BCUT2D eigenvalue weighted by Crippen LogP contribution is -2.30. The predicted molar refractivity (Wildman–Crippen MR) is 85.4 cm³/mol. The number of aryl methyl sites for hydroxylation is 1. The third kappa shape index (κ3) is 3.06. The number of ether oxygens (including phenoxy) is 1. The van der Waals surface area contributed by atoms with E-state index in [1.165, 1.54) is 17.8 Å². The van der Waals surface area contributed by atoms with E-state index < -0.39 is 5.91 Å². The smallest absolute Gasteiger partial charge is 0.270 e. The molecular weight excluding hydrogens is 294 g/mol. The molecule has 6 heteroatoms. The molecule has 0 fully saturated rings. The molecule has 6 nitrogen and oxygen atoms in total. The summed E-state index contributed by atoms with van der Waals surface area (Å²) in [4.78, 5) is 28.4. The Hall–Kier alpha value is -2.76. The summed E-state index contributed by atoms with van der Waals surface area (Å²) in [5, 5.41) is 0. The Bertz CT molecular complexity index is 751. The van der Waals surface area contributed by atoms with Crippen molar-refractivity contribution >= 4 is 11.8 Å². The van der Waals surface area contributed by atoms with E-state index in [4.69, 9.17) is 10.5 Å². The molecule has 1 aliphatic heterocycles. The Kier molecular flexibility index (Phi) is 4.06. The first kappa shape index (κ1) is 15.1. The van der Waals surface area contributed by atoms with Gasteiger partial charge >= 0.3 is 0 Å². The second-order valence-electron chi connectivity index (χ2n) is 5.63. The number of nitrogens with zero attached hydrogens (tertiary/aromatic N) is 1. The van der Waals surface area contributed by atoms with Crippen LogP contribution in [0.15, 0.2) is 30.5 Å². The zero-order valence-corrected chi connectivity index (χ0v) is 13.0. The molecule has 0 radical (unpaired) electrons. The molecule has 2 heterocycles. The molecule has 1 aliphatic rings. The van der Waals surface area contributed by atoms with Crippen molar-refractivity contribution in [2.24, 2.45) is 5.73 Å². The third-order valence-electron chi connectivity index (χ3n) is 4.13. The summed E-state index contributed by atoms with van der Waals surface area (Å²) in [6, 6.07) is 7.45. The van der Waals surface area contributed by atoms with E-state index in [1.807, 2.05) is 18.2 Å². The van der Waals surface area contributed by atoms with Crippen LogP contribution in [-0.4, -0.2) is 35.4 Å². The fraction of sp³-hybridized carbons (Fsp3) is 0.294. The third-order valence-corrected chi connectivity index (χ3v) is 4.13. The summed E-state index contributed by atoms with van der Waals surface area (Å²) in [5.74, 6) is 0.161. The first-order valence-corrected chi connectivity index (χ1v) is 7.52. The number of H-pyrrole nitrogens is 1. The molecule has 0 bridgehead atoms. The second-order valence-corrected chi connectivity index (χ2v) is 5.63. The van der Waals surface area contributed by atoms with Crippen molar-refractivity contribution in [2.75, 3.05) is 13.7 Å². The van der Waals surface area contributed by atoms with E-state index in [9.17, 15) is 9.59 Å². The van der Waals surface area contributed by atoms with Crippen LogP contribution in [0.2, 0.25) is 0 Å². The molecule has 3 rings (SSSR count). The lowest BCUT2D eigenvalue weighted by Gasteiger charge is -2.20. The number of nitrogens with one attached hydrogen (secondary N) is 1. The number of amides is 2. The number of benzene rings is 1. The summed E-state index contributed by atoms with van der Waals surface area (Å²) in [7, 11) is 1.65. The number of fused-ring (bicyclic) bond motifs is 1. The second kappa shape index (κ2) is 6.16. The molecular formula is C17H19N3O3. The molecule has 2 aromatic rings. The van der Waals surface area contributed by atoms with Gasteiger partial charge < -0.3 is 20.4 Å². The van der Waals surface area contributed by atoms with Crippen LogP contribution in [0.1, 0.15) is 38.4 Å². The largest absolute Gasteiger partial charge is 0.497 e. The van der Waals surface area contributed by atoms with Crippen LogP contribution < -0.4 is 10.5 Å². The normalized spacial score (nSPS) is 14.0. The number of carbonyl (C=O) groups is 2. The summed E-state index contributed by atoms with van der Waals surface area (Å²) < 4.78 is 5.26. The average molecular weight is 313 g/mol. The lowest BCUT2D eigenvalue weighted by atomic mass is 10.0. The van der Waals surface area contributed by atoms with Gasteiger partial charge in [0.2, 0.25) is 5.91 Å². The van der Waals surface area contributed by atoms with Crippen LogP contribution in [0.25, 0.3) is 0 Å². The van der Waals surface area contributed by atoms with E-state index >= 15 is 0 Å². The van der Waals surface area contributed by atoms with Crippen LogP contribution in [-0.2, 0) is 13.0 Å². The van der Waals surface area contributed by atoms with E-state index in [0.29, 0.717) is 24.3 Å². The number of rotatable bonds is 3. The fourth-order valence-electron chi connectivity index (χ4n) is 2.87. The van der Waals surface area contributed by atoms with Gasteiger partial charge in [-0.15, -0.1) is 0 Å². The summed E-state index contributed by atoms with van der Waals surface area (Å²) in [5.41, 5.74) is 8.26. The lowest BCUT2D eigenvalue weighted by molar-refractivity contribution is 0.0740. The number of methoxy groups -OCH3 is 1. The van der Waals surface area contributed by atoms with Crippen molar-refractivity contribution in [1.82, 2.24) is 9.88 Å². The molecule has 2 amide bonds. The van der Waals surface area contributed by atoms with Crippen molar-refractivity contribution < 1.29 is 14.3 Å². The van der Waals surface area contributed by atoms with Gasteiger partial charge in [0.15, 0.2) is 0 Å². The molecule has 1 aromatic carbocycles. The maximum atomic E-state index is 12.6. The Labute approximate surface area is 134 Å². The van der Waals surface area contributed by atoms with Gasteiger partial charge in [0.1, 0.15) is 11.4 Å². The summed E-state index contributed by atoms with van der Waals surface area (Å²) >= 11 is 0. The average Bonchev–Trinajstić information content (AvgIpc) is 2.95. The fourth-order valence-corrected chi connectivity index (χ4v) is 2.87. The highest BCUT2D eigenvalue weighted by Crippen LogP contribution is 2.24. The minimum atomic E-state index is -0.548. The first-order valence-electron chi connectivity index (χ1n) is 7.52. The Morgan fingerprint density at radius 3 is 2.78 bits per heavy atom. The molecule has 0 saturated heterocycles. The molecule has 0 atom stereocenters. The van der Waals surface area contributed by atoms with Gasteiger partial charge in [0.25, 0.3) is 5.91 Å². The van der Waals surface area contributed by atoms with E-state index in [2.05, 4.69) is 4.98 Å². The number of primary amides is 1. The molecule has 0 spiro atoms. The zero-order valence-electron chi connectivity index (χ0n) is 13.0. The van der Waals surface area contributed by atoms with E-state index in [1.54, 1.807) is 12.0 Å². The molecule has 0 saturated carbocycles. The molecule has 3 N–H and O–H groups in total. The van der Waals surface area contributed by atoms with Crippen LogP contribution in [0.4, 0.5) is 0 Å². The van der Waals surface area contributed by atoms with Gasteiger partial charge in [-0.2, -0.15) is 0 Å². The van der Waals surface area contributed by atoms with Gasteiger partial charge in [0, 0.05) is 19.3 Å². The van der Waals surface area contributed by atoms with Crippen LogP contribution in [0.3, 0.4) is 0 Å². The molecule has 120 valence electrons. The van der Waals surface area contributed by atoms with E-state index in [0.717, 1.165) is 24.2 Å². The maximum Gasteiger partial charge on any atom is 0.270 e. The van der Waals surface area contributed by atoms with Crippen molar-refractivity contribution in [3.63, 3.8) is 0 Å². The standard InChI is InChI=1S/C17H19N3O3/c1-23-14-5-4-12-10-20(6-2-3-11(12)7-14)17(22)15-8-13(9-19-15)16(18)21/h4-5,7-9,19H,2-3,6,10H2,1H3,(H2,18,21). The van der Waals surface area contributed by atoms with Gasteiger partial charge in [0.05, 0.1) is 12.7 Å². The number of nitrogens with two attached hydrogens (primary N) is 1. The van der Waals surface area contributed by atoms with Crippen LogP contribution >= 0.6 is 0 Å². The predicted octanol–water partition coefficient (Wildman–Crippen LogP) is 1.71. The Morgan fingerprint density at radius 1 is 1.26 bits per heavy atom. The number of hydrogen-bond acceptors (Lipinski definition) is 3. The van der Waals surface area contributed by atoms with Gasteiger partial charge in [-0.05, 0) is 42.2 Å². The Morgan fingerprint density at radius 2 is 2.09 bits per heavy atom. The molecule has 23 heavy (non-hydrogen) atoms. The van der Waals surface area contributed by atoms with Crippen molar-refractivity contribution in [2.45, 2.75) is 19.4 Å². The van der Waals surface area contributed by atoms with Crippen molar-refractivity contribution in [3.8, 4) is 5.75 Å². The number of aromatic amines is 1. The zero-order chi connectivity index (χ0) is 16.4. The van der Waals surface area contributed by atoms with Crippen LogP contribution in [0, 0.1) is 0 Å². The maximum absolute atomic E-state index is 12.6. The minimum absolute atomic E-state index is 0.124. The highest BCUT2D eigenvalue weighted by molar-refractivity contribution is 5.98.